The molecule has 0 aromatic carbocycles. The lowest BCUT2D eigenvalue weighted by atomic mass is 10.1. The van der Waals surface area contributed by atoms with E-state index >= 15 is 0 Å². The third kappa shape index (κ3) is 1.91. The van der Waals surface area contributed by atoms with E-state index in [9.17, 15) is 4.39 Å². The molecule has 1 aliphatic carbocycles. The maximum atomic E-state index is 13.4. The lowest BCUT2D eigenvalue weighted by Crippen LogP contribution is -2.38. The zero-order chi connectivity index (χ0) is 9.10. The summed E-state index contributed by atoms with van der Waals surface area (Å²) in [4.78, 5) is 2.08. The topological polar surface area (TPSA) is 12.5 Å². The first-order valence-electron chi connectivity index (χ1n) is 4.71. The van der Waals surface area contributed by atoms with Crippen molar-refractivity contribution in [3.05, 3.63) is 23.9 Å². The first-order valence-corrected chi connectivity index (χ1v) is 4.71. The molecular weight excluding hydrogens is 169 g/mol. The number of allylic oxidation sites excluding steroid dienone is 3. The van der Waals surface area contributed by atoms with Crippen molar-refractivity contribution in [2.24, 2.45) is 0 Å². The maximum absolute atomic E-state index is 13.4. The van der Waals surface area contributed by atoms with Crippen LogP contribution >= 0.6 is 0 Å². The minimum absolute atomic E-state index is 0.716. The largest absolute Gasteiger partial charge is 0.378 e. The summed E-state index contributed by atoms with van der Waals surface area (Å²) in [7, 11) is 0. The Kier molecular flexibility index (Phi) is 2.64. The second kappa shape index (κ2) is 3.92. The van der Waals surface area contributed by atoms with Gasteiger partial charge in [0.05, 0.1) is 13.2 Å². The summed E-state index contributed by atoms with van der Waals surface area (Å²) in [6.45, 7) is 3.07. The Morgan fingerprint density at radius 2 is 2.15 bits per heavy atom. The second-order valence-corrected chi connectivity index (χ2v) is 3.29. The summed E-state index contributed by atoms with van der Waals surface area (Å²) < 4.78 is 18.6. The van der Waals surface area contributed by atoms with Crippen LogP contribution in [0.25, 0.3) is 0 Å². The summed E-state index contributed by atoms with van der Waals surface area (Å²) in [6.07, 6.45) is 5.41. The minimum atomic E-state index is -0.910. The van der Waals surface area contributed by atoms with Gasteiger partial charge >= 0.3 is 0 Å². The molecule has 1 fully saturated rings. The Hall–Kier alpha value is -0.830. The predicted molar refractivity (Wildman–Crippen MR) is 49.1 cm³/mol. The van der Waals surface area contributed by atoms with Crippen LogP contribution < -0.4 is 0 Å². The molecular formula is C10H14FNO. The van der Waals surface area contributed by atoms with Crippen LogP contribution in [-0.4, -0.2) is 37.4 Å². The van der Waals surface area contributed by atoms with E-state index < -0.39 is 6.17 Å². The van der Waals surface area contributed by atoms with Gasteiger partial charge in [0.2, 0.25) is 0 Å². The Labute approximate surface area is 77.7 Å². The average Bonchev–Trinajstić information content (AvgIpc) is 2.20. The summed E-state index contributed by atoms with van der Waals surface area (Å²) in [5.74, 6) is 0. The van der Waals surface area contributed by atoms with Crippen LogP contribution in [0.4, 0.5) is 4.39 Å². The summed E-state index contributed by atoms with van der Waals surface area (Å²) in [5.41, 5.74) is 0.825. The summed E-state index contributed by atoms with van der Waals surface area (Å²) in [5, 5.41) is 0. The van der Waals surface area contributed by atoms with Gasteiger partial charge in [0.1, 0.15) is 0 Å². The van der Waals surface area contributed by atoms with E-state index in [-0.39, 0.29) is 0 Å². The van der Waals surface area contributed by atoms with E-state index in [4.69, 9.17) is 4.74 Å². The molecule has 0 aromatic heterocycles. The Morgan fingerprint density at radius 3 is 2.85 bits per heavy atom. The van der Waals surface area contributed by atoms with Gasteiger partial charge in [0.25, 0.3) is 0 Å². The van der Waals surface area contributed by atoms with Crippen molar-refractivity contribution in [3.8, 4) is 0 Å². The third-order valence-electron chi connectivity index (χ3n) is 2.43. The van der Waals surface area contributed by atoms with Crippen LogP contribution in [0.2, 0.25) is 0 Å². The Bertz CT molecular complexity index is 231. The van der Waals surface area contributed by atoms with Crippen LogP contribution in [0.1, 0.15) is 6.42 Å². The molecule has 72 valence electrons. The van der Waals surface area contributed by atoms with Crippen molar-refractivity contribution in [2.45, 2.75) is 12.6 Å². The van der Waals surface area contributed by atoms with Crippen molar-refractivity contribution >= 4 is 0 Å². The second-order valence-electron chi connectivity index (χ2n) is 3.29. The Morgan fingerprint density at radius 1 is 1.38 bits per heavy atom. The molecule has 1 unspecified atom stereocenters. The zero-order valence-electron chi connectivity index (χ0n) is 7.58. The van der Waals surface area contributed by atoms with Crippen LogP contribution in [0, 0.1) is 0 Å². The molecule has 2 rings (SSSR count). The number of nitrogens with zero attached hydrogens (tertiary/aromatic N) is 1. The van der Waals surface area contributed by atoms with Gasteiger partial charge in [-0.2, -0.15) is 0 Å². The van der Waals surface area contributed by atoms with E-state index in [1.807, 2.05) is 12.2 Å². The highest BCUT2D eigenvalue weighted by atomic mass is 19.1. The zero-order valence-corrected chi connectivity index (χ0v) is 7.58. The first-order chi connectivity index (χ1) is 6.38. The number of halogens is 1. The van der Waals surface area contributed by atoms with Gasteiger partial charge in [0, 0.05) is 18.8 Å². The normalized spacial score (nSPS) is 28.8. The van der Waals surface area contributed by atoms with Crippen LogP contribution in [0.5, 0.6) is 0 Å². The van der Waals surface area contributed by atoms with E-state index in [1.165, 1.54) is 0 Å². The van der Waals surface area contributed by atoms with Crippen LogP contribution in [0.15, 0.2) is 23.9 Å². The van der Waals surface area contributed by atoms with Gasteiger partial charge in [-0.15, -0.1) is 0 Å². The highest BCUT2D eigenvalue weighted by Crippen LogP contribution is 2.20. The minimum Gasteiger partial charge on any atom is -0.378 e. The van der Waals surface area contributed by atoms with Gasteiger partial charge in [-0.1, -0.05) is 12.2 Å². The molecule has 0 amide bonds. The number of rotatable bonds is 1. The van der Waals surface area contributed by atoms with E-state index in [2.05, 4.69) is 4.90 Å². The van der Waals surface area contributed by atoms with Gasteiger partial charge < -0.3 is 9.64 Å². The highest BCUT2D eigenvalue weighted by Gasteiger charge is 2.20. The number of hydrogen-bond donors (Lipinski definition) is 0. The fourth-order valence-electron chi connectivity index (χ4n) is 1.72. The fourth-order valence-corrected chi connectivity index (χ4v) is 1.72. The van der Waals surface area contributed by atoms with Gasteiger partial charge in [0.15, 0.2) is 6.17 Å². The molecule has 0 bridgehead atoms. The van der Waals surface area contributed by atoms with Crippen molar-refractivity contribution in [3.63, 3.8) is 0 Å². The molecule has 0 N–H and O–H groups in total. The number of hydrogen-bond acceptors (Lipinski definition) is 2. The first kappa shape index (κ1) is 8.75. The smallest absolute Gasteiger partial charge is 0.158 e. The van der Waals surface area contributed by atoms with Crippen LogP contribution in [-0.2, 0) is 4.74 Å². The average molecular weight is 183 g/mol. The third-order valence-corrected chi connectivity index (χ3v) is 2.43. The van der Waals surface area contributed by atoms with E-state index in [1.54, 1.807) is 6.08 Å². The lowest BCUT2D eigenvalue weighted by Gasteiger charge is -2.32. The van der Waals surface area contributed by atoms with Crippen molar-refractivity contribution in [1.29, 1.82) is 0 Å². The summed E-state index contributed by atoms with van der Waals surface area (Å²) >= 11 is 0. The number of morpholine rings is 1. The van der Waals surface area contributed by atoms with Crippen molar-refractivity contribution in [1.82, 2.24) is 4.90 Å². The molecule has 0 radical (unpaired) electrons. The fraction of sp³-hybridized carbons (Fsp3) is 0.600. The maximum Gasteiger partial charge on any atom is 0.158 e. The number of alkyl halides is 1. The lowest BCUT2D eigenvalue weighted by molar-refractivity contribution is 0.0480. The standard InChI is InChI=1S/C10H14FNO/c11-9-3-1-2-4-10(9)12-5-7-13-8-6-12/h1,3-4,9H,2,5-8H2. The van der Waals surface area contributed by atoms with E-state index in [0.717, 1.165) is 25.2 Å². The molecule has 0 saturated carbocycles. The molecule has 1 saturated heterocycles. The number of ether oxygens (including phenoxy) is 1. The van der Waals surface area contributed by atoms with Crippen molar-refractivity contribution < 1.29 is 9.13 Å². The molecule has 1 aliphatic heterocycles. The van der Waals surface area contributed by atoms with E-state index in [0.29, 0.717) is 13.2 Å². The SMILES string of the molecule is FC1C=CCC=C1N1CCOCC1. The highest BCUT2D eigenvalue weighted by molar-refractivity contribution is 5.20. The summed E-state index contributed by atoms with van der Waals surface area (Å²) in [6, 6.07) is 0. The molecule has 0 aromatic rings. The van der Waals surface area contributed by atoms with Gasteiger partial charge in [-0.3, -0.25) is 0 Å². The molecule has 2 aliphatic rings. The predicted octanol–water partition coefficient (Wildman–Crippen LogP) is 1.50. The Balaban J connectivity index is 2.01. The molecule has 1 heterocycles. The quantitative estimate of drug-likeness (QED) is 0.571. The molecule has 13 heavy (non-hydrogen) atoms. The molecule has 3 heteroatoms. The molecule has 2 nitrogen and oxygen atoms in total. The van der Waals surface area contributed by atoms with Crippen LogP contribution in [0.3, 0.4) is 0 Å². The molecule has 0 spiro atoms. The van der Waals surface area contributed by atoms with Crippen molar-refractivity contribution in [2.75, 3.05) is 26.3 Å². The monoisotopic (exact) mass is 183 g/mol. The molecule has 1 atom stereocenters. The van der Waals surface area contributed by atoms with Gasteiger partial charge in [-0.05, 0) is 12.5 Å². The van der Waals surface area contributed by atoms with Gasteiger partial charge in [-0.25, -0.2) is 4.39 Å².